The molecule has 4 heteroatoms. The van der Waals surface area contributed by atoms with Gasteiger partial charge in [-0.2, -0.15) is 0 Å². The highest BCUT2D eigenvalue weighted by molar-refractivity contribution is 6.17. The fraction of sp³-hybridized carbons (Fsp3) is 0.0625. The quantitative estimate of drug-likeness (QED) is 0.682. The van der Waals surface area contributed by atoms with Crippen LogP contribution < -0.4 is 4.74 Å². The number of aromatic nitrogens is 2. The molecular weight excluding hydrogens is 252 g/mol. The third-order valence-corrected chi connectivity index (χ3v) is 3.18. The number of ketones is 1. The molecule has 0 unspecified atom stereocenters. The third-order valence-electron chi connectivity index (χ3n) is 3.18. The molecule has 2 heterocycles. The highest BCUT2D eigenvalue weighted by Crippen LogP contribution is 2.24. The summed E-state index contributed by atoms with van der Waals surface area (Å²) in [6, 6.07) is 9.17. The molecule has 0 aliphatic rings. The molecule has 2 aromatic heterocycles. The molecule has 3 aromatic rings. The molecule has 0 bridgehead atoms. The molecule has 0 radical (unpaired) electrons. The highest BCUT2D eigenvalue weighted by Gasteiger charge is 2.16. The number of hydrogen-bond acceptors (Lipinski definition) is 4. The van der Waals surface area contributed by atoms with Crippen molar-refractivity contribution in [1.29, 1.82) is 0 Å². The third kappa shape index (κ3) is 2.01. The first kappa shape index (κ1) is 12.3. The molecule has 0 aliphatic carbocycles. The standard InChI is InChI=1S/C16H12N2O2/c1-20-15-10-18-8-6-13(15)16(19)12-4-2-3-11-5-7-17-9-14(11)12/h2-10H,1H3. The average Bonchev–Trinajstić information content (AvgIpc) is 2.53. The second-order valence-corrected chi connectivity index (χ2v) is 4.31. The van der Waals surface area contributed by atoms with Crippen molar-refractivity contribution >= 4 is 16.6 Å². The van der Waals surface area contributed by atoms with Gasteiger partial charge in [0.1, 0.15) is 5.75 Å². The first-order valence-electron chi connectivity index (χ1n) is 6.16. The Labute approximate surface area is 116 Å². The SMILES string of the molecule is COc1cnccc1C(=O)c1cccc2ccncc12. The zero-order valence-electron chi connectivity index (χ0n) is 10.9. The van der Waals surface area contributed by atoms with Crippen LogP contribution in [0, 0.1) is 0 Å². The second kappa shape index (κ2) is 5.09. The van der Waals surface area contributed by atoms with Gasteiger partial charge in [-0.05, 0) is 17.5 Å². The molecule has 4 nitrogen and oxygen atoms in total. The van der Waals surface area contributed by atoms with Gasteiger partial charge in [0.2, 0.25) is 0 Å². The Balaban J connectivity index is 2.18. The molecule has 0 amide bonds. The summed E-state index contributed by atoms with van der Waals surface area (Å²) >= 11 is 0. The number of carbonyl (C=O) groups excluding carboxylic acids is 1. The van der Waals surface area contributed by atoms with Crippen LogP contribution in [0.1, 0.15) is 15.9 Å². The lowest BCUT2D eigenvalue weighted by molar-refractivity contribution is 0.103. The number of nitrogens with zero attached hydrogens (tertiary/aromatic N) is 2. The summed E-state index contributed by atoms with van der Waals surface area (Å²) in [7, 11) is 1.53. The van der Waals surface area contributed by atoms with Crippen LogP contribution in [0.2, 0.25) is 0 Å². The largest absolute Gasteiger partial charge is 0.494 e. The van der Waals surface area contributed by atoms with E-state index in [-0.39, 0.29) is 5.78 Å². The monoisotopic (exact) mass is 264 g/mol. The lowest BCUT2D eigenvalue weighted by Crippen LogP contribution is -2.05. The number of methoxy groups -OCH3 is 1. The van der Waals surface area contributed by atoms with Crippen molar-refractivity contribution in [3.05, 3.63) is 66.2 Å². The lowest BCUT2D eigenvalue weighted by Gasteiger charge is -2.08. The minimum absolute atomic E-state index is 0.0946. The zero-order valence-corrected chi connectivity index (χ0v) is 10.9. The molecule has 0 aliphatic heterocycles. The van der Waals surface area contributed by atoms with Crippen LogP contribution in [0.4, 0.5) is 0 Å². The maximum atomic E-state index is 12.7. The predicted octanol–water partition coefficient (Wildman–Crippen LogP) is 2.87. The van der Waals surface area contributed by atoms with Crippen molar-refractivity contribution < 1.29 is 9.53 Å². The van der Waals surface area contributed by atoms with Crippen LogP contribution >= 0.6 is 0 Å². The molecule has 3 rings (SSSR count). The van der Waals surface area contributed by atoms with E-state index in [1.165, 1.54) is 13.3 Å². The summed E-state index contributed by atoms with van der Waals surface area (Å²) in [5.41, 5.74) is 1.11. The lowest BCUT2D eigenvalue weighted by atomic mass is 9.99. The number of hydrogen-bond donors (Lipinski definition) is 0. The molecule has 20 heavy (non-hydrogen) atoms. The number of fused-ring (bicyclic) bond motifs is 1. The Morgan fingerprint density at radius 3 is 2.65 bits per heavy atom. The Bertz CT molecular complexity index is 779. The van der Waals surface area contributed by atoms with Gasteiger partial charge in [-0.25, -0.2) is 0 Å². The van der Waals surface area contributed by atoms with Gasteiger partial charge in [0.25, 0.3) is 0 Å². The fourth-order valence-electron chi connectivity index (χ4n) is 2.19. The van der Waals surface area contributed by atoms with E-state index in [4.69, 9.17) is 4.74 Å². The minimum atomic E-state index is -0.0946. The molecule has 0 atom stereocenters. The average molecular weight is 264 g/mol. The van der Waals surface area contributed by atoms with Gasteiger partial charge in [-0.1, -0.05) is 18.2 Å². The molecule has 0 N–H and O–H groups in total. The first-order chi connectivity index (χ1) is 9.81. The van der Waals surface area contributed by atoms with Gasteiger partial charge in [-0.15, -0.1) is 0 Å². The number of rotatable bonds is 3. The van der Waals surface area contributed by atoms with E-state index in [9.17, 15) is 4.79 Å². The number of ether oxygens (including phenoxy) is 1. The molecule has 1 aromatic carbocycles. The van der Waals surface area contributed by atoms with E-state index in [1.54, 1.807) is 30.7 Å². The van der Waals surface area contributed by atoms with Crippen molar-refractivity contribution in [2.75, 3.05) is 7.11 Å². The molecule has 0 saturated carbocycles. The van der Waals surface area contributed by atoms with Crippen LogP contribution in [-0.4, -0.2) is 22.9 Å². The summed E-state index contributed by atoms with van der Waals surface area (Å²) in [6.07, 6.45) is 6.54. The molecule has 98 valence electrons. The maximum Gasteiger partial charge on any atom is 0.197 e. The van der Waals surface area contributed by atoms with E-state index >= 15 is 0 Å². The van der Waals surface area contributed by atoms with Crippen molar-refractivity contribution in [3.8, 4) is 5.75 Å². The van der Waals surface area contributed by atoms with Gasteiger partial charge >= 0.3 is 0 Å². The van der Waals surface area contributed by atoms with Crippen LogP contribution in [0.25, 0.3) is 10.8 Å². The maximum absolute atomic E-state index is 12.7. The van der Waals surface area contributed by atoms with Gasteiger partial charge in [-0.3, -0.25) is 14.8 Å². The van der Waals surface area contributed by atoms with Gasteiger partial charge in [0.05, 0.1) is 18.9 Å². The van der Waals surface area contributed by atoms with Crippen molar-refractivity contribution in [2.45, 2.75) is 0 Å². The van der Waals surface area contributed by atoms with E-state index in [0.717, 1.165) is 10.8 Å². The highest BCUT2D eigenvalue weighted by atomic mass is 16.5. The van der Waals surface area contributed by atoms with Gasteiger partial charge in [0.15, 0.2) is 5.78 Å². The Morgan fingerprint density at radius 2 is 1.80 bits per heavy atom. The van der Waals surface area contributed by atoms with E-state index in [1.807, 2.05) is 18.2 Å². The normalized spacial score (nSPS) is 10.4. The van der Waals surface area contributed by atoms with E-state index < -0.39 is 0 Å². The van der Waals surface area contributed by atoms with Gasteiger partial charge in [0, 0.05) is 29.5 Å². The Morgan fingerprint density at radius 1 is 1.00 bits per heavy atom. The molecule has 0 fully saturated rings. The van der Waals surface area contributed by atoms with Crippen LogP contribution in [-0.2, 0) is 0 Å². The first-order valence-corrected chi connectivity index (χ1v) is 6.16. The summed E-state index contributed by atoms with van der Waals surface area (Å²) < 4.78 is 5.20. The summed E-state index contributed by atoms with van der Waals surface area (Å²) in [6.45, 7) is 0. The van der Waals surface area contributed by atoms with Crippen molar-refractivity contribution in [1.82, 2.24) is 9.97 Å². The summed E-state index contributed by atoms with van der Waals surface area (Å²) in [5.74, 6) is 0.376. The predicted molar refractivity (Wildman–Crippen MR) is 76.0 cm³/mol. The van der Waals surface area contributed by atoms with E-state index in [0.29, 0.717) is 16.9 Å². The summed E-state index contributed by atoms with van der Waals surface area (Å²) in [4.78, 5) is 20.8. The number of carbonyl (C=O) groups is 1. The van der Waals surface area contributed by atoms with Gasteiger partial charge < -0.3 is 4.74 Å². The molecular formula is C16H12N2O2. The second-order valence-electron chi connectivity index (χ2n) is 4.31. The zero-order chi connectivity index (χ0) is 13.9. The van der Waals surface area contributed by atoms with Crippen LogP contribution in [0.15, 0.2) is 55.1 Å². The van der Waals surface area contributed by atoms with Crippen LogP contribution in [0.5, 0.6) is 5.75 Å². The molecule has 0 saturated heterocycles. The Kier molecular flexibility index (Phi) is 3.13. The Hall–Kier alpha value is -2.75. The number of benzene rings is 1. The molecule has 0 spiro atoms. The fourth-order valence-corrected chi connectivity index (χ4v) is 2.19. The topological polar surface area (TPSA) is 52.1 Å². The summed E-state index contributed by atoms with van der Waals surface area (Å²) in [5, 5.41) is 1.82. The minimum Gasteiger partial charge on any atom is -0.494 e. The van der Waals surface area contributed by atoms with E-state index in [2.05, 4.69) is 9.97 Å². The van der Waals surface area contributed by atoms with Crippen molar-refractivity contribution in [2.24, 2.45) is 0 Å². The van der Waals surface area contributed by atoms with Crippen LogP contribution in [0.3, 0.4) is 0 Å². The smallest absolute Gasteiger partial charge is 0.197 e. The van der Waals surface area contributed by atoms with Crippen molar-refractivity contribution in [3.63, 3.8) is 0 Å². The number of pyridine rings is 2.